The maximum Gasteiger partial charge on any atom is 0.411 e. The Morgan fingerprint density at radius 2 is 1.45 bits per heavy atom. The molecule has 0 atom stereocenters. The van der Waals surface area contributed by atoms with Gasteiger partial charge in [-0.25, -0.2) is 4.79 Å². The van der Waals surface area contributed by atoms with Crippen LogP contribution in [0, 0.1) is 0 Å². The fraction of sp³-hybridized carbons (Fsp3) is 0.278. The number of phenols is 1. The molecule has 1 saturated heterocycles. The van der Waals surface area contributed by atoms with Crippen molar-refractivity contribution in [2.75, 3.05) is 38.5 Å². The van der Waals surface area contributed by atoms with Gasteiger partial charge in [0.25, 0.3) is 5.91 Å². The van der Waals surface area contributed by atoms with E-state index in [1.807, 2.05) is 98.0 Å². The first-order valence-electron chi connectivity index (χ1n) is 15.1. The Hall–Kier alpha value is -4.66. The lowest BCUT2D eigenvalue weighted by molar-refractivity contribution is 0.0587. The normalized spacial score (nSPS) is 13.9. The number of phenolic OH excluding ortho intramolecular Hbond substituents is 1. The SMILES string of the molecule is CN(Cc1ccc(O)cc1)Cc1ccc(C(=O)NCCN2CCC(OC(=O)Nc3ccccc3-c3ccccc3)CC2)cc1. The first-order valence-corrected chi connectivity index (χ1v) is 15.1. The Morgan fingerprint density at radius 1 is 0.841 bits per heavy atom. The van der Waals surface area contributed by atoms with E-state index < -0.39 is 6.09 Å². The van der Waals surface area contributed by atoms with Crippen LogP contribution in [0.1, 0.15) is 34.3 Å². The van der Waals surface area contributed by atoms with Gasteiger partial charge in [-0.15, -0.1) is 0 Å². The van der Waals surface area contributed by atoms with Crippen LogP contribution in [0.2, 0.25) is 0 Å². The molecule has 0 spiro atoms. The zero-order chi connectivity index (χ0) is 30.7. The van der Waals surface area contributed by atoms with E-state index in [-0.39, 0.29) is 17.8 Å². The number of rotatable bonds is 11. The van der Waals surface area contributed by atoms with Crippen LogP contribution < -0.4 is 10.6 Å². The van der Waals surface area contributed by atoms with E-state index >= 15 is 0 Å². The van der Waals surface area contributed by atoms with Crippen molar-refractivity contribution in [1.29, 1.82) is 0 Å². The van der Waals surface area contributed by atoms with Crippen molar-refractivity contribution < 1.29 is 19.4 Å². The van der Waals surface area contributed by atoms with Crippen LogP contribution >= 0.6 is 0 Å². The molecule has 2 amide bonds. The summed E-state index contributed by atoms with van der Waals surface area (Å²) in [6.45, 7) is 4.43. The molecule has 0 aromatic heterocycles. The Balaban J connectivity index is 0.992. The number of carbonyl (C=O) groups is 2. The number of hydrogen-bond acceptors (Lipinski definition) is 6. The summed E-state index contributed by atoms with van der Waals surface area (Å²) in [7, 11) is 2.05. The number of hydrogen-bond donors (Lipinski definition) is 3. The Kier molecular flexibility index (Phi) is 10.6. The smallest absolute Gasteiger partial charge is 0.411 e. The first kappa shape index (κ1) is 30.8. The van der Waals surface area contributed by atoms with E-state index in [4.69, 9.17) is 4.74 Å². The molecule has 1 heterocycles. The Bertz CT molecular complexity index is 1500. The van der Waals surface area contributed by atoms with Crippen LogP contribution in [0.25, 0.3) is 11.1 Å². The van der Waals surface area contributed by atoms with Gasteiger partial charge in [-0.2, -0.15) is 0 Å². The highest BCUT2D eigenvalue weighted by Gasteiger charge is 2.23. The number of benzene rings is 4. The summed E-state index contributed by atoms with van der Waals surface area (Å²) in [6.07, 6.45) is 0.937. The summed E-state index contributed by atoms with van der Waals surface area (Å²) in [5, 5.41) is 15.4. The van der Waals surface area contributed by atoms with Crippen LogP contribution in [-0.2, 0) is 17.8 Å². The molecule has 0 radical (unpaired) electrons. The monoisotopic (exact) mass is 592 g/mol. The van der Waals surface area contributed by atoms with E-state index in [2.05, 4.69) is 20.4 Å². The zero-order valence-electron chi connectivity index (χ0n) is 25.1. The second-order valence-corrected chi connectivity index (χ2v) is 11.3. The van der Waals surface area contributed by atoms with Gasteiger partial charge in [0.2, 0.25) is 0 Å². The second kappa shape index (κ2) is 15.2. The van der Waals surface area contributed by atoms with Gasteiger partial charge in [0.05, 0.1) is 5.69 Å². The van der Waals surface area contributed by atoms with Crippen LogP contribution in [0.15, 0.2) is 103 Å². The standard InChI is InChI=1S/C36H40N4O4/c1-39(26-28-13-17-31(41)18-14-28)25-27-11-15-30(16-12-27)35(42)37-21-24-40-22-19-32(20-23-40)44-36(43)38-34-10-6-5-9-33(34)29-7-3-2-4-8-29/h2-18,32,41H,19-26H2,1H3,(H,37,42)(H,38,43). The molecule has 4 aromatic carbocycles. The predicted molar refractivity (Wildman–Crippen MR) is 173 cm³/mol. The number of ether oxygens (including phenoxy) is 1. The minimum absolute atomic E-state index is 0.0836. The first-order chi connectivity index (χ1) is 21.4. The molecule has 8 heteroatoms. The summed E-state index contributed by atoms with van der Waals surface area (Å²) in [6, 6.07) is 32.6. The third kappa shape index (κ3) is 8.92. The van der Waals surface area contributed by atoms with Crippen molar-refractivity contribution in [3.63, 3.8) is 0 Å². The van der Waals surface area contributed by atoms with Crippen molar-refractivity contribution in [2.45, 2.75) is 32.0 Å². The molecule has 1 fully saturated rings. The van der Waals surface area contributed by atoms with Crippen molar-refractivity contribution in [2.24, 2.45) is 0 Å². The molecule has 1 aliphatic rings. The topological polar surface area (TPSA) is 94.1 Å². The van der Waals surface area contributed by atoms with Gasteiger partial charge in [0.1, 0.15) is 11.9 Å². The van der Waals surface area contributed by atoms with Crippen molar-refractivity contribution in [3.05, 3.63) is 120 Å². The third-order valence-electron chi connectivity index (χ3n) is 7.83. The van der Waals surface area contributed by atoms with Gasteiger partial charge < -0.3 is 20.1 Å². The second-order valence-electron chi connectivity index (χ2n) is 11.3. The number of aromatic hydroxyl groups is 1. The molecule has 5 rings (SSSR count). The van der Waals surface area contributed by atoms with Gasteiger partial charge in [-0.1, -0.05) is 72.8 Å². The highest BCUT2D eigenvalue weighted by atomic mass is 16.6. The van der Waals surface area contributed by atoms with E-state index in [1.54, 1.807) is 12.1 Å². The van der Waals surface area contributed by atoms with E-state index in [0.29, 0.717) is 12.1 Å². The lowest BCUT2D eigenvalue weighted by Crippen LogP contribution is -2.42. The fourth-order valence-corrected chi connectivity index (χ4v) is 5.47. The molecular weight excluding hydrogens is 552 g/mol. The molecule has 0 aliphatic carbocycles. The summed E-state index contributed by atoms with van der Waals surface area (Å²) in [5.41, 5.74) is 5.61. The van der Waals surface area contributed by atoms with Gasteiger partial charge in [-0.05, 0) is 66.9 Å². The Morgan fingerprint density at radius 3 is 2.14 bits per heavy atom. The predicted octanol–water partition coefficient (Wildman–Crippen LogP) is 6.13. The van der Waals surface area contributed by atoms with Gasteiger partial charge >= 0.3 is 6.09 Å². The molecule has 0 bridgehead atoms. The number of amides is 2. The van der Waals surface area contributed by atoms with Crippen LogP contribution in [0.3, 0.4) is 0 Å². The molecule has 44 heavy (non-hydrogen) atoms. The van der Waals surface area contributed by atoms with Crippen LogP contribution in [-0.4, -0.2) is 66.2 Å². The Labute approximate surface area is 259 Å². The maximum absolute atomic E-state index is 12.7. The van der Waals surface area contributed by atoms with Gasteiger partial charge in [0.15, 0.2) is 0 Å². The minimum atomic E-state index is -0.436. The lowest BCUT2D eigenvalue weighted by atomic mass is 10.0. The van der Waals surface area contributed by atoms with Crippen molar-refractivity contribution in [1.82, 2.24) is 15.1 Å². The number of piperidine rings is 1. The highest BCUT2D eigenvalue weighted by Crippen LogP contribution is 2.28. The zero-order valence-corrected chi connectivity index (χ0v) is 25.1. The molecule has 8 nitrogen and oxygen atoms in total. The fourth-order valence-electron chi connectivity index (χ4n) is 5.47. The minimum Gasteiger partial charge on any atom is -0.508 e. The number of anilines is 1. The molecule has 0 saturated carbocycles. The summed E-state index contributed by atoms with van der Waals surface area (Å²) < 4.78 is 5.74. The van der Waals surface area contributed by atoms with E-state index in [9.17, 15) is 14.7 Å². The number of nitrogens with zero attached hydrogens (tertiary/aromatic N) is 2. The van der Waals surface area contributed by atoms with Crippen LogP contribution in [0.4, 0.5) is 10.5 Å². The van der Waals surface area contributed by atoms with Gasteiger partial charge in [0, 0.05) is 50.4 Å². The maximum atomic E-state index is 12.7. The number of nitrogens with one attached hydrogen (secondary N) is 2. The summed E-state index contributed by atoms with van der Waals surface area (Å²) in [4.78, 5) is 29.9. The molecule has 0 unspecified atom stereocenters. The third-order valence-corrected chi connectivity index (χ3v) is 7.83. The van der Waals surface area contributed by atoms with Gasteiger partial charge in [-0.3, -0.25) is 15.0 Å². The average Bonchev–Trinajstić information content (AvgIpc) is 3.04. The quantitative estimate of drug-likeness (QED) is 0.194. The summed E-state index contributed by atoms with van der Waals surface area (Å²) >= 11 is 0. The van der Waals surface area contributed by atoms with Crippen molar-refractivity contribution in [3.8, 4) is 16.9 Å². The molecule has 3 N–H and O–H groups in total. The largest absolute Gasteiger partial charge is 0.508 e. The molecular formula is C36H40N4O4. The van der Waals surface area contributed by atoms with E-state index in [1.165, 1.54) is 0 Å². The number of likely N-dealkylation sites (tertiary alicyclic amines) is 1. The molecule has 4 aromatic rings. The number of carbonyl (C=O) groups excluding carboxylic acids is 2. The summed E-state index contributed by atoms with van der Waals surface area (Å²) in [5.74, 6) is 0.183. The number of para-hydroxylation sites is 1. The molecule has 1 aliphatic heterocycles. The molecule has 228 valence electrons. The van der Waals surface area contributed by atoms with Crippen LogP contribution in [0.5, 0.6) is 5.75 Å². The average molecular weight is 593 g/mol. The van der Waals surface area contributed by atoms with E-state index in [0.717, 1.165) is 73.5 Å². The van der Waals surface area contributed by atoms with Crippen molar-refractivity contribution >= 4 is 17.7 Å². The lowest BCUT2D eigenvalue weighted by Gasteiger charge is -2.31. The highest BCUT2D eigenvalue weighted by molar-refractivity contribution is 5.94.